The van der Waals surface area contributed by atoms with Crippen molar-refractivity contribution in [2.24, 2.45) is 0 Å². The van der Waals surface area contributed by atoms with E-state index in [-0.39, 0.29) is 5.78 Å². The van der Waals surface area contributed by atoms with E-state index in [1.807, 2.05) is 18.2 Å². The van der Waals surface area contributed by atoms with E-state index in [9.17, 15) is 4.79 Å². The van der Waals surface area contributed by atoms with Crippen LogP contribution < -0.4 is 9.47 Å². The molecule has 3 nitrogen and oxygen atoms in total. The average Bonchev–Trinajstić information content (AvgIpc) is 2.39. The molecule has 1 aromatic carbocycles. The van der Waals surface area contributed by atoms with Crippen molar-refractivity contribution in [3.8, 4) is 11.5 Å². The lowest BCUT2D eigenvalue weighted by Gasteiger charge is -2.09. The monoisotopic (exact) mass is 250 g/mol. The number of Topliss-reactive ketones (excluding diaryl/α,β-unsaturated/α-hetero) is 1. The average molecular weight is 250 g/mol. The Morgan fingerprint density at radius 1 is 1.17 bits per heavy atom. The van der Waals surface area contributed by atoms with Gasteiger partial charge < -0.3 is 9.47 Å². The first-order chi connectivity index (χ1) is 8.71. The summed E-state index contributed by atoms with van der Waals surface area (Å²) in [5.41, 5.74) is 0.901. The van der Waals surface area contributed by atoms with Crippen LogP contribution in [0.3, 0.4) is 0 Å². The Kier molecular flexibility index (Phi) is 6.26. The third kappa shape index (κ3) is 4.40. The second-order valence-corrected chi connectivity index (χ2v) is 4.35. The lowest BCUT2D eigenvalue weighted by Crippen LogP contribution is -2.04. The van der Waals surface area contributed by atoms with Crippen molar-refractivity contribution in [3.05, 3.63) is 23.8 Å². The minimum atomic E-state index is 0.259. The first-order valence-corrected chi connectivity index (χ1v) is 6.43. The van der Waals surface area contributed by atoms with Gasteiger partial charge in [0.1, 0.15) is 17.3 Å². The third-order valence-corrected chi connectivity index (χ3v) is 2.93. The van der Waals surface area contributed by atoms with E-state index in [4.69, 9.17) is 9.47 Å². The number of unbranched alkanes of at least 4 members (excludes halogenated alkanes) is 2. The van der Waals surface area contributed by atoms with Crippen molar-refractivity contribution in [1.29, 1.82) is 0 Å². The molecular weight excluding hydrogens is 228 g/mol. The van der Waals surface area contributed by atoms with Gasteiger partial charge >= 0.3 is 0 Å². The summed E-state index contributed by atoms with van der Waals surface area (Å²) < 4.78 is 10.4. The van der Waals surface area contributed by atoms with Gasteiger partial charge in [-0.25, -0.2) is 0 Å². The van der Waals surface area contributed by atoms with E-state index >= 15 is 0 Å². The van der Waals surface area contributed by atoms with Gasteiger partial charge in [0, 0.05) is 18.4 Å². The Morgan fingerprint density at radius 3 is 2.56 bits per heavy atom. The highest BCUT2D eigenvalue weighted by molar-refractivity contribution is 5.81. The highest BCUT2D eigenvalue weighted by Crippen LogP contribution is 2.24. The predicted molar refractivity (Wildman–Crippen MR) is 72.4 cm³/mol. The Balaban J connectivity index is 2.66. The van der Waals surface area contributed by atoms with Gasteiger partial charge in [-0.05, 0) is 24.6 Å². The molecule has 0 unspecified atom stereocenters. The normalized spacial score (nSPS) is 10.2. The molecule has 0 aliphatic rings. The number of ketones is 1. The molecule has 0 saturated heterocycles. The van der Waals surface area contributed by atoms with Crippen LogP contribution in [0, 0.1) is 0 Å². The van der Waals surface area contributed by atoms with Gasteiger partial charge in [0.2, 0.25) is 0 Å². The number of hydrogen-bond acceptors (Lipinski definition) is 3. The highest BCUT2D eigenvalue weighted by Gasteiger charge is 2.10. The Morgan fingerprint density at radius 2 is 1.94 bits per heavy atom. The maximum absolute atomic E-state index is 11.9. The molecule has 0 aliphatic carbocycles. The fourth-order valence-electron chi connectivity index (χ4n) is 1.89. The molecule has 0 heterocycles. The van der Waals surface area contributed by atoms with E-state index in [1.165, 1.54) is 0 Å². The summed E-state index contributed by atoms with van der Waals surface area (Å²) in [6, 6.07) is 5.55. The molecule has 1 aromatic rings. The summed E-state index contributed by atoms with van der Waals surface area (Å²) in [6.07, 6.45) is 4.29. The lowest BCUT2D eigenvalue weighted by molar-refractivity contribution is -0.118. The topological polar surface area (TPSA) is 35.5 Å². The van der Waals surface area contributed by atoms with Crippen molar-refractivity contribution >= 4 is 5.78 Å². The van der Waals surface area contributed by atoms with Crippen LogP contribution in [0.4, 0.5) is 0 Å². The van der Waals surface area contributed by atoms with Crippen molar-refractivity contribution in [3.63, 3.8) is 0 Å². The molecule has 0 atom stereocenters. The number of carbonyl (C=O) groups is 1. The molecule has 0 aliphatic heterocycles. The minimum Gasteiger partial charge on any atom is -0.497 e. The van der Waals surface area contributed by atoms with Crippen LogP contribution in [0.25, 0.3) is 0 Å². The van der Waals surface area contributed by atoms with Crippen molar-refractivity contribution in [2.75, 3.05) is 14.2 Å². The fourth-order valence-corrected chi connectivity index (χ4v) is 1.89. The maximum Gasteiger partial charge on any atom is 0.137 e. The van der Waals surface area contributed by atoms with Crippen molar-refractivity contribution in [1.82, 2.24) is 0 Å². The molecule has 3 heteroatoms. The SMILES string of the molecule is CCCCCC(=O)Cc1cc(OC)ccc1OC. The maximum atomic E-state index is 11.9. The van der Waals surface area contributed by atoms with E-state index in [1.54, 1.807) is 14.2 Å². The van der Waals surface area contributed by atoms with Gasteiger partial charge in [0.25, 0.3) is 0 Å². The quantitative estimate of drug-likeness (QED) is 0.663. The van der Waals surface area contributed by atoms with Crippen LogP contribution in [0.2, 0.25) is 0 Å². The summed E-state index contributed by atoms with van der Waals surface area (Å²) in [6.45, 7) is 2.13. The van der Waals surface area contributed by atoms with Gasteiger partial charge in [0.05, 0.1) is 14.2 Å². The molecule has 0 N–H and O–H groups in total. The van der Waals surface area contributed by atoms with E-state index < -0.39 is 0 Å². The smallest absolute Gasteiger partial charge is 0.137 e. The standard InChI is InChI=1S/C15H22O3/c1-4-5-6-7-13(16)10-12-11-14(17-2)8-9-15(12)18-3/h8-9,11H,4-7,10H2,1-3H3. The van der Waals surface area contributed by atoms with Crippen molar-refractivity contribution in [2.45, 2.75) is 39.0 Å². The molecule has 0 fully saturated rings. The largest absolute Gasteiger partial charge is 0.497 e. The highest BCUT2D eigenvalue weighted by atomic mass is 16.5. The summed E-state index contributed by atoms with van der Waals surface area (Å²) in [4.78, 5) is 11.9. The van der Waals surface area contributed by atoms with Crippen LogP contribution in [-0.2, 0) is 11.2 Å². The van der Waals surface area contributed by atoms with Crippen LogP contribution in [-0.4, -0.2) is 20.0 Å². The second-order valence-electron chi connectivity index (χ2n) is 4.35. The zero-order valence-electron chi connectivity index (χ0n) is 11.5. The van der Waals surface area contributed by atoms with Gasteiger partial charge in [0.15, 0.2) is 0 Å². The fraction of sp³-hybridized carbons (Fsp3) is 0.533. The van der Waals surface area contributed by atoms with Gasteiger partial charge in [-0.3, -0.25) is 4.79 Å². The molecule has 0 bridgehead atoms. The first-order valence-electron chi connectivity index (χ1n) is 6.43. The molecule has 0 amide bonds. The number of benzene rings is 1. The van der Waals surface area contributed by atoms with E-state index in [2.05, 4.69) is 6.92 Å². The first kappa shape index (κ1) is 14.6. The lowest BCUT2D eigenvalue weighted by atomic mass is 10.0. The Labute approximate surface area is 109 Å². The number of methoxy groups -OCH3 is 2. The zero-order chi connectivity index (χ0) is 13.4. The summed E-state index contributed by atoms with van der Waals surface area (Å²) in [7, 11) is 3.24. The second kappa shape index (κ2) is 7.75. The van der Waals surface area contributed by atoms with Crippen LogP contribution >= 0.6 is 0 Å². The van der Waals surface area contributed by atoms with Crippen molar-refractivity contribution < 1.29 is 14.3 Å². The van der Waals surface area contributed by atoms with E-state index in [0.29, 0.717) is 12.8 Å². The number of rotatable bonds is 8. The van der Waals surface area contributed by atoms with Gasteiger partial charge in [-0.15, -0.1) is 0 Å². The third-order valence-electron chi connectivity index (χ3n) is 2.93. The molecule has 18 heavy (non-hydrogen) atoms. The number of hydrogen-bond donors (Lipinski definition) is 0. The molecule has 100 valence electrons. The Hall–Kier alpha value is -1.51. The predicted octanol–water partition coefficient (Wildman–Crippen LogP) is 3.40. The van der Waals surface area contributed by atoms with Crippen LogP contribution in [0.1, 0.15) is 38.2 Å². The molecule has 0 radical (unpaired) electrons. The molecular formula is C15H22O3. The minimum absolute atomic E-state index is 0.259. The summed E-state index contributed by atoms with van der Waals surface area (Å²) >= 11 is 0. The number of carbonyl (C=O) groups excluding carboxylic acids is 1. The van der Waals surface area contributed by atoms with Gasteiger partial charge in [-0.1, -0.05) is 19.8 Å². The van der Waals surface area contributed by atoms with E-state index in [0.717, 1.165) is 36.3 Å². The molecule has 0 aromatic heterocycles. The van der Waals surface area contributed by atoms with Gasteiger partial charge in [-0.2, -0.15) is 0 Å². The van der Waals surface area contributed by atoms with Crippen LogP contribution in [0.5, 0.6) is 11.5 Å². The zero-order valence-corrected chi connectivity index (χ0v) is 11.5. The number of ether oxygens (including phenoxy) is 2. The summed E-state index contributed by atoms with van der Waals surface area (Å²) in [5.74, 6) is 1.77. The summed E-state index contributed by atoms with van der Waals surface area (Å²) in [5, 5.41) is 0. The van der Waals surface area contributed by atoms with Crippen LogP contribution in [0.15, 0.2) is 18.2 Å². The molecule has 0 spiro atoms. The molecule has 1 rings (SSSR count). The molecule has 0 saturated carbocycles. The Bertz CT molecular complexity index is 385.